The fourth-order valence-corrected chi connectivity index (χ4v) is 1.28. The highest BCUT2D eigenvalue weighted by Crippen LogP contribution is 2.24. The lowest BCUT2D eigenvalue weighted by atomic mass is 9.98. The Kier molecular flexibility index (Phi) is 2.95. The Morgan fingerprint density at radius 2 is 2.21 bits per heavy atom. The van der Waals surface area contributed by atoms with Gasteiger partial charge in [0.25, 0.3) is 0 Å². The number of anilines is 1. The van der Waals surface area contributed by atoms with Crippen molar-refractivity contribution in [3.8, 4) is 6.07 Å². The first-order valence-electron chi connectivity index (χ1n) is 3.80. The summed E-state index contributed by atoms with van der Waals surface area (Å²) in [6.45, 7) is 0. The van der Waals surface area contributed by atoms with Crippen LogP contribution in [0.5, 0.6) is 0 Å². The smallest absolute Gasteiger partial charge is 0.239 e. The number of nitrogens with zero attached hydrogens (tertiary/aromatic N) is 1. The van der Waals surface area contributed by atoms with Gasteiger partial charge in [-0.3, -0.25) is 4.79 Å². The van der Waals surface area contributed by atoms with Gasteiger partial charge in [0, 0.05) is 16.3 Å². The fraction of sp³-hybridized carbons (Fsp3) is 0.111. The van der Waals surface area contributed by atoms with E-state index >= 15 is 0 Å². The van der Waals surface area contributed by atoms with Crippen molar-refractivity contribution in [3.05, 3.63) is 28.8 Å². The Morgan fingerprint density at radius 1 is 1.57 bits per heavy atom. The molecule has 0 saturated carbocycles. The van der Waals surface area contributed by atoms with Gasteiger partial charge >= 0.3 is 0 Å². The van der Waals surface area contributed by atoms with Crippen molar-refractivity contribution in [2.24, 2.45) is 5.73 Å². The molecular formula is C9H8ClN3O. The van der Waals surface area contributed by atoms with Crippen molar-refractivity contribution in [2.45, 2.75) is 5.92 Å². The Balaban J connectivity index is 3.19. The van der Waals surface area contributed by atoms with Crippen LogP contribution < -0.4 is 11.5 Å². The van der Waals surface area contributed by atoms with Crippen LogP contribution >= 0.6 is 11.6 Å². The number of halogens is 1. The van der Waals surface area contributed by atoms with Gasteiger partial charge < -0.3 is 11.5 Å². The molecule has 0 radical (unpaired) electrons. The monoisotopic (exact) mass is 209 g/mol. The molecule has 0 bridgehead atoms. The van der Waals surface area contributed by atoms with E-state index in [4.69, 9.17) is 28.3 Å². The zero-order valence-electron chi connectivity index (χ0n) is 7.20. The molecule has 0 heterocycles. The van der Waals surface area contributed by atoms with Gasteiger partial charge in [-0.15, -0.1) is 0 Å². The van der Waals surface area contributed by atoms with E-state index in [2.05, 4.69) is 0 Å². The van der Waals surface area contributed by atoms with Crippen LogP contribution in [0, 0.1) is 11.3 Å². The Labute approximate surface area is 86.1 Å². The average Bonchev–Trinajstić information content (AvgIpc) is 2.09. The van der Waals surface area contributed by atoms with E-state index in [0.29, 0.717) is 16.3 Å². The number of amides is 1. The van der Waals surface area contributed by atoms with Gasteiger partial charge in [-0.1, -0.05) is 17.7 Å². The van der Waals surface area contributed by atoms with Crippen LogP contribution in [0.15, 0.2) is 18.2 Å². The van der Waals surface area contributed by atoms with Crippen molar-refractivity contribution >= 4 is 23.2 Å². The van der Waals surface area contributed by atoms with Gasteiger partial charge in [0.05, 0.1) is 6.07 Å². The average molecular weight is 210 g/mol. The molecule has 0 aromatic heterocycles. The summed E-state index contributed by atoms with van der Waals surface area (Å²) in [5.74, 6) is -1.74. The van der Waals surface area contributed by atoms with Crippen LogP contribution in [-0.4, -0.2) is 5.91 Å². The minimum absolute atomic E-state index is 0.294. The van der Waals surface area contributed by atoms with Crippen LogP contribution in [0.25, 0.3) is 0 Å². The third kappa shape index (κ3) is 1.95. The van der Waals surface area contributed by atoms with E-state index < -0.39 is 11.8 Å². The second-order valence-electron chi connectivity index (χ2n) is 2.74. The first-order valence-corrected chi connectivity index (χ1v) is 4.18. The number of hydrogen-bond acceptors (Lipinski definition) is 3. The van der Waals surface area contributed by atoms with Crippen molar-refractivity contribution in [1.29, 1.82) is 5.26 Å². The van der Waals surface area contributed by atoms with E-state index in [0.717, 1.165) is 0 Å². The molecule has 1 atom stereocenters. The normalized spacial score (nSPS) is 11.7. The molecule has 1 rings (SSSR count). The van der Waals surface area contributed by atoms with E-state index in [1.54, 1.807) is 12.1 Å². The minimum Gasteiger partial charge on any atom is -0.398 e. The number of nitrogens with two attached hydrogens (primary N) is 2. The molecule has 72 valence electrons. The second-order valence-corrected chi connectivity index (χ2v) is 3.17. The number of nitrogen functional groups attached to an aromatic ring is 1. The molecule has 14 heavy (non-hydrogen) atoms. The standard InChI is InChI=1S/C9H8ClN3O/c10-5-1-2-6(8(12)3-5)7(4-11)9(13)14/h1-3,7H,12H2,(H2,13,14). The van der Waals surface area contributed by atoms with Crippen molar-refractivity contribution in [3.63, 3.8) is 0 Å². The number of carbonyl (C=O) groups is 1. The second kappa shape index (κ2) is 3.99. The summed E-state index contributed by atoms with van der Waals surface area (Å²) >= 11 is 5.67. The number of benzene rings is 1. The third-order valence-corrected chi connectivity index (χ3v) is 2.01. The van der Waals surface area contributed by atoms with Crippen molar-refractivity contribution < 1.29 is 4.79 Å². The molecule has 0 aliphatic heterocycles. The largest absolute Gasteiger partial charge is 0.398 e. The molecule has 1 aromatic rings. The van der Waals surface area contributed by atoms with Crippen molar-refractivity contribution in [2.75, 3.05) is 5.73 Å². The molecule has 0 aliphatic rings. The molecule has 4 nitrogen and oxygen atoms in total. The van der Waals surface area contributed by atoms with Gasteiger partial charge in [-0.25, -0.2) is 0 Å². The minimum atomic E-state index is -1.02. The Hall–Kier alpha value is -1.73. The zero-order valence-corrected chi connectivity index (χ0v) is 7.95. The van der Waals surface area contributed by atoms with Crippen LogP contribution in [0.1, 0.15) is 11.5 Å². The number of nitriles is 1. The molecule has 0 fully saturated rings. The van der Waals surface area contributed by atoms with E-state index in [1.165, 1.54) is 12.1 Å². The van der Waals surface area contributed by atoms with Crippen molar-refractivity contribution in [1.82, 2.24) is 0 Å². The maximum Gasteiger partial charge on any atom is 0.239 e. The van der Waals surface area contributed by atoms with Gasteiger partial charge in [0.1, 0.15) is 0 Å². The molecule has 1 aromatic carbocycles. The molecule has 5 heteroatoms. The van der Waals surface area contributed by atoms with E-state index in [-0.39, 0.29) is 0 Å². The molecule has 0 aliphatic carbocycles. The van der Waals surface area contributed by atoms with Crippen LogP contribution in [0.2, 0.25) is 5.02 Å². The molecular weight excluding hydrogens is 202 g/mol. The first kappa shape index (κ1) is 10.4. The van der Waals surface area contributed by atoms with Gasteiger partial charge in [0.15, 0.2) is 5.92 Å². The van der Waals surface area contributed by atoms with E-state index in [9.17, 15) is 4.79 Å². The van der Waals surface area contributed by atoms with E-state index in [1.807, 2.05) is 0 Å². The lowest BCUT2D eigenvalue weighted by Crippen LogP contribution is -2.20. The predicted molar refractivity (Wildman–Crippen MR) is 53.4 cm³/mol. The Morgan fingerprint density at radius 3 is 2.64 bits per heavy atom. The quantitative estimate of drug-likeness (QED) is 0.712. The lowest BCUT2D eigenvalue weighted by molar-refractivity contribution is -0.118. The van der Waals surface area contributed by atoms with Gasteiger partial charge in [-0.05, 0) is 12.1 Å². The topological polar surface area (TPSA) is 92.9 Å². The summed E-state index contributed by atoms with van der Waals surface area (Å²) in [6, 6.07) is 6.34. The Bertz CT molecular complexity index is 411. The highest BCUT2D eigenvalue weighted by Gasteiger charge is 2.19. The molecule has 0 saturated heterocycles. The molecule has 1 unspecified atom stereocenters. The number of rotatable bonds is 2. The zero-order chi connectivity index (χ0) is 10.7. The number of carbonyl (C=O) groups excluding carboxylic acids is 1. The van der Waals surface area contributed by atoms with Gasteiger partial charge in [-0.2, -0.15) is 5.26 Å². The maximum atomic E-state index is 10.9. The molecule has 1 amide bonds. The lowest BCUT2D eigenvalue weighted by Gasteiger charge is -2.08. The molecule has 4 N–H and O–H groups in total. The summed E-state index contributed by atoms with van der Waals surface area (Å²) in [4.78, 5) is 10.9. The predicted octanol–water partition coefficient (Wildman–Crippen LogP) is 1.01. The summed E-state index contributed by atoms with van der Waals surface area (Å²) in [6.07, 6.45) is 0. The summed E-state index contributed by atoms with van der Waals surface area (Å²) < 4.78 is 0. The number of primary amides is 1. The summed E-state index contributed by atoms with van der Waals surface area (Å²) in [7, 11) is 0. The number of hydrogen-bond donors (Lipinski definition) is 2. The fourth-order valence-electron chi connectivity index (χ4n) is 1.09. The SMILES string of the molecule is N#CC(C(N)=O)c1ccc(Cl)cc1N. The summed E-state index contributed by atoms with van der Waals surface area (Å²) in [5.41, 5.74) is 11.3. The highest BCUT2D eigenvalue weighted by atomic mass is 35.5. The molecule has 0 spiro atoms. The first-order chi connectivity index (χ1) is 6.56. The summed E-state index contributed by atoms with van der Waals surface area (Å²) in [5, 5.41) is 9.16. The highest BCUT2D eigenvalue weighted by molar-refractivity contribution is 6.30. The van der Waals surface area contributed by atoms with Gasteiger partial charge in [0.2, 0.25) is 5.91 Å². The van der Waals surface area contributed by atoms with Crippen LogP contribution in [0.4, 0.5) is 5.69 Å². The van der Waals surface area contributed by atoms with Crippen LogP contribution in [0.3, 0.4) is 0 Å². The van der Waals surface area contributed by atoms with Crippen LogP contribution in [-0.2, 0) is 4.79 Å². The maximum absolute atomic E-state index is 10.9. The third-order valence-electron chi connectivity index (χ3n) is 1.77.